The molecule has 11 heteroatoms. The predicted molar refractivity (Wildman–Crippen MR) is 136 cm³/mol. The minimum Gasteiger partial charge on any atom is -0.475 e. The second-order valence-electron chi connectivity index (χ2n) is 9.79. The molecule has 2 unspecified atom stereocenters. The monoisotopic (exact) mass is 532 g/mol. The van der Waals surface area contributed by atoms with Gasteiger partial charge in [-0.2, -0.15) is 13.2 Å². The van der Waals surface area contributed by atoms with Gasteiger partial charge in [0.2, 0.25) is 5.91 Å². The lowest BCUT2D eigenvalue weighted by Gasteiger charge is -2.40. The first-order chi connectivity index (χ1) is 18.0. The lowest BCUT2D eigenvalue weighted by molar-refractivity contribution is -0.192. The van der Waals surface area contributed by atoms with E-state index in [1.165, 1.54) is 0 Å². The van der Waals surface area contributed by atoms with Gasteiger partial charge in [0.15, 0.2) is 0 Å². The number of hydrogen-bond donors (Lipinski definition) is 3. The van der Waals surface area contributed by atoms with Gasteiger partial charge in [0.1, 0.15) is 0 Å². The fourth-order valence-electron chi connectivity index (χ4n) is 5.39. The third-order valence-corrected chi connectivity index (χ3v) is 7.19. The van der Waals surface area contributed by atoms with Crippen LogP contribution in [-0.2, 0) is 9.59 Å². The molecule has 2 aromatic carbocycles. The molecule has 2 fully saturated rings. The van der Waals surface area contributed by atoms with Crippen LogP contribution in [0.5, 0.6) is 0 Å². The zero-order valence-corrected chi connectivity index (χ0v) is 21.2. The Bertz CT molecular complexity index is 1190. The van der Waals surface area contributed by atoms with Gasteiger partial charge >= 0.3 is 12.1 Å². The highest BCUT2D eigenvalue weighted by Gasteiger charge is 2.40. The average Bonchev–Trinajstić information content (AvgIpc) is 3.52. The number of piperazine rings is 1. The number of fused-ring (bicyclic) bond motifs is 3. The van der Waals surface area contributed by atoms with E-state index in [0.717, 1.165) is 48.4 Å². The van der Waals surface area contributed by atoms with E-state index in [1.54, 1.807) is 0 Å². The van der Waals surface area contributed by atoms with E-state index in [1.807, 2.05) is 59.2 Å². The Morgan fingerprint density at radius 2 is 1.74 bits per heavy atom. The quantitative estimate of drug-likeness (QED) is 0.546. The SMILES string of the molecule is CCC(=O)N1c2ccccc2[C@H](Nc2ccc(C(=O)N3CC4CC3CN4)cc2)C[C@H]1C.O=C(O)C(F)(F)F. The van der Waals surface area contributed by atoms with E-state index in [-0.39, 0.29) is 23.9 Å². The minimum absolute atomic E-state index is 0.119. The number of para-hydroxylation sites is 1. The number of hydrogen-bond acceptors (Lipinski definition) is 5. The molecule has 2 amide bonds. The number of anilines is 2. The molecule has 5 rings (SSSR count). The summed E-state index contributed by atoms with van der Waals surface area (Å²) in [6.07, 6.45) is -2.67. The number of benzene rings is 2. The first-order valence-corrected chi connectivity index (χ1v) is 12.6. The van der Waals surface area contributed by atoms with Gasteiger partial charge in [-0.15, -0.1) is 0 Å². The molecule has 3 heterocycles. The van der Waals surface area contributed by atoms with Gasteiger partial charge in [-0.3, -0.25) is 9.59 Å². The third-order valence-electron chi connectivity index (χ3n) is 7.19. The summed E-state index contributed by atoms with van der Waals surface area (Å²) in [6, 6.07) is 17.0. The van der Waals surface area contributed by atoms with E-state index < -0.39 is 12.1 Å². The summed E-state index contributed by atoms with van der Waals surface area (Å²) < 4.78 is 31.7. The average molecular weight is 533 g/mol. The molecule has 3 aliphatic heterocycles. The first kappa shape index (κ1) is 27.4. The number of carbonyl (C=O) groups excluding carboxylic acids is 2. The van der Waals surface area contributed by atoms with Gasteiger partial charge in [0, 0.05) is 54.6 Å². The standard InChI is InChI=1S/C25H30N4O2.C2HF3O2/c1-3-24(30)29-16(2)12-22(21-6-4-5-7-23(21)29)27-18-10-8-17(9-11-18)25(31)28-15-19-13-20(28)14-26-19;3-2(4,5)1(6)7/h4-11,16,19-20,22,26-27H,3,12-15H2,1-2H3;(H,6,7)/t16-,19?,20?,22-;/m1./s1. The van der Waals surface area contributed by atoms with Crippen molar-refractivity contribution in [3.8, 4) is 0 Å². The summed E-state index contributed by atoms with van der Waals surface area (Å²) in [6.45, 7) is 5.74. The minimum atomic E-state index is -5.08. The van der Waals surface area contributed by atoms with Crippen molar-refractivity contribution < 1.29 is 32.7 Å². The Morgan fingerprint density at radius 1 is 1.08 bits per heavy atom. The second kappa shape index (κ2) is 11.0. The Balaban J connectivity index is 0.000000426. The molecular formula is C27H31F3N4O4. The van der Waals surface area contributed by atoms with Crippen molar-refractivity contribution in [2.24, 2.45) is 0 Å². The lowest BCUT2D eigenvalue weighted by atomic mass is 9.91. The van der Waals surface area contributed by atoms with Crippen LogP contribution in [0.15, 0.2) is 48.5 Å². The summed E-state index contributed by atoms with van der Waals surface area (Å²) in [7, 11) is 0. The van der Waals surface area contributed by atoms with Crippen LogP contribution in [0.2, 0.25) is 0 Å². The van der Waals surface area contributed by atoms with Crippen LogP contribution < -0.4 is 15.5 Å². The van der Waals surface area contributed by atoms with Crippen LogP contribution in [0, 0.1) is 0 Å². The van der Waals surface area contributed by atoms with Gasteiger partial charge in [-0.1, -0.05) is 25.1 Å². The maximum absolute atomic E-state index is 12.9. The fraction of sp³-hybridized carbons (Fsp3) is 0.444. The first-order valence-electron chi connectivity index (χ1n) is 12.6. The second-order valence-corrected chi connectivity index (χ2v) is 9.79. The zero-order valence-electron chi connectivity index (χ0n) is 21.2. The molecule has 2 saturated heterocycles. The van der Waals surface area contributed by atoms with Crippen molar-refractivity contribution >= 4 is 29.2 Å². The number of carboxylic acids is 1. The summed E-state index contributed by atoms with van der Waals surface area (Å²) in [4.78, 5) is 38.3. The van der Waals surface area contributed by atoms with Crippen molar-refractivity contribution in [3.05, 3.63) is 59.7 Å². The van der Waals surface area contributed by atoms with E-state index >= 15 is 0 Å². The number of halogens is 3. The van der Waals surface area contributed by atoms with Crippen molar-refractivity contribution in [2.45, 2.75) is 63.5 Å². The molecule has 2 aromatic rings. The molecule has 204 valence electrons. The predicted octanol–water partition coefficient (Wildman–Crippen LogP) is 4.19. The highest BCUT2D eigenvalue weighted by atomic mass is 19.4. The van der Waals surface area contributed by atoms with Gasteiger partial charge in [-0.25, -0.2) is 4.79 Å². The molecule has 38 heavy (non-hydrogen) atoms. The van der Waals surface area contributed by atoms with E-state index in [9.17, 15) is 22.8 Å². The molecule has 3 aliphatic rings. The van der Waals surface area contributed by atoms with E-state index in [2.05, 4.69) is 23.6 Å². The third kappa shape index (κ3) is 5.77. The molecule has 0 aromatic heterocycles. The molecule has 0 saturated carbocycles. The summed E-state index contributed by atoms with van der Waals surface area (Å²) in [5.74, 6) is -2.47. The van der Waals surface area contributed by atoms with Crippen molar-refractivity contribution in [1.82, 2.24) is 10.2 Å². The molecule has 4 atom stereocenters. The summed E-state index contributed by atoms with van der Waals surface area (Å²) in [5.41, 5.74) is 3.87. The number of rotatable bonds is 4. The number of likely N-dealkylation sites (tertiary alicyclic amines) is 1. The van der Waals surface area contributed by atoms with Crippen LogP contribution in [0.1, 0.15) is 55.1 Å². The molecule has 0 radical (unpaired) electrons. The Labute approximate surface area is 218 Å². The lowest BCUT2D eigenvalue weighted by Crippen LogP contribution is -2.46. The Kier molecular flexibility index (Phi) is 7.96. The summed E-state index contributed by atoms with van der Waals surface area (Å²) in [5, 5.41) is 14.2. The van der Waals surface area contributed by atoms with Crippen LogP contribution in [0.3, 0.4) is 0 Å². The fourth-order valence-corrected chi connectivity index (χ4v) is 5.39. The van der Waals surface area contributed by atoms with Gasteiger partial charge in [0.25, 0.3) is 5.91 Å². The van der Waals surface area contributed by atoms with Gasteiger partial charge < -0.3 is 25.5 Å². The molecule has 8 nitrogen and oxygen atoms in total. The van der Waals surface area contributed by atoms with Crippen molar-refractivity contribution in [3.63, 3.8) is 0 Å². The van der Waals surface area contributed by atoms with Crippen molar-refractivity contribution in [1.29, 1.82) is 0 Å². The van der Waals surface area contributed by atoms with Crippen LogP contribution >= 0.6 is 0 Å². The molecule has 0 aliphatic carbocycles. The van der Waals surface area contributed by atoms with Gasteiger partial charge in [-0.05, 0) is 55.7 Å². The number of amides is 2. The largest absolute Gasteiger partial charge is 0.490 e. The highest BCUT2D eigenvalue weighted by Crippen LogP contribution is 2.39. The molecular weight excluding hydrogens is 501 g/mol. The zero-order chi connectivity index (χ0) is 27.6. The number of nitrogens with one attached hydrogen (secondary N) is 2. The van der Waals surface area contributed by atoms with Crippen LogP contribution in [0.4, 0.5) is 24.5 Å². The number of carboxylic acid groups (broad SMARTS) is 1. The topological polar surface area (TPSA) is 102 Å². The Morgan fingerprint density at radius 3 is 2.29 bits per heavy atom. The maximum atomic E-state index is 12.9. The summed E-state index contributed by atoms with van der Waals surface area (Å²) >= 11 is 0. The number of carbonyl (C=O) groups is 3. The normalized spacial score (nSPS) is 23.8. The number of alkyl halides is 3. The molecule has 3 N–H and O–H groups in total. The van der Waals surface area contributed by atoms with E-state index in [4.69, 9.17) is 9.90 Å². The van der Waals surface area contributed by atoms with Gasteiger partial charge in [0.05, 0.1) is 6.04 Å². The highest BCUT2D eigenvalue weighted by molar-refractivity contribution is 5.96. The number of aliphatic carboxylic acids is 1. The maximum Gasteiger partial charge on any atom is 0.490 e. The smallest absolute Gasteiger partial charge is 0.475 e. The van der Waals surface area contributed by atoms with Crippen LogP contribution in [0.25, 0.3) is 0 Å². The number of nitrogens with zero attached hydrogens (tertiary/aromatic N) is 2. The van der Waals surface area contributed by atoms with Crippen molar-refractivity contribution in [2.75, 3.05) is 23.3 Å². The van der Waals surface area contributed by atoms with E-state index in [0.29, 0.717) is 18.5 Å². The molecule has 2 bridgehead atoms. The Hall–Kier alpha value is -3.60. The van der Waals surface area contributed by atoms with Crippen LogP contribution in [-0.4, -0.2) is 65.2 Å². The molecule has 0 spiro atoms.